The Kier molecular flexibility index (Phi) is 3.70. The zero-order valence-electron chi connectivity index (χ0n) is 11.7. The summed E-state index contributed by atoms with van der Waals surface area (Å²) in [4.78, 5) is 6.93. The molecule has 2 aliphatic rings. The van der Waals surface area contributed by atoms with E-state index in [-0.39, 0.29) is 0 Å². The summed E-state index contributed by atoms with van der Waals surface area (Å²) in [5, 5.41) is 10.8. The number of H-pyrrole nitrogens is 1. The molecule has 2 N–H and O–H groups in total. The van der Waals surface area contributed by atoms with Crippen LogP contribution in [0.4, 0.5) is 5.95 Å². The van der Waals surface area contributed by atoms with Crippen molar-refractivity contribution in [3.8, 4) is 0 Å². The normalized spacial score (nSPS) is 29.1. The molecule has 0 amide bonds. The van der Waals surface area contributed by atoms with Crippen molar-refractivity contribution in [1.29, 1.82) is 0 Å². The zero-order valence-corrected chi connectivity index (χ0v) is 11.7. The number of nitrogens with zero attached hydrogens (tertiary/aromatic N) is 3. The summed E-state index contributed by atoms with van der Waals surface area (Å²) < 4.78 is 5.59. The molecule has 3 heterocycles. The molecule has 6 heteroatoms. The first kappa shape index (κ1) is 12.9. The van der Waals surface area contributed by atoms with Crippen LogP contribution in [0.1, 0.15) is 37.9 Å². The molecule has 2 fully saturated rings. The highest BCUT2D eigenvalue weighted by atomic mass is 16.5. The predicted molar refractivity (Wildman–Crippen MR) is 73.4 cm³/mol. The zero-order chi connectivity index (χ0) is 13.2. The van der Waals surface area contributed by atoms with Gasteiger partial charge in [0.25, 0.3) is 0 Å². The number of ether oxygens (including phenoxy) is 1. The predicted octanol–water partition coefficient (Wildman–Crippen LogP) is 0.885. The number of anilines is 1. The molecule has 0 aliphatic carbocycles. The Morgan fingerprint density at radius 3 is 2.79 bits per heavy atom. The summed E-state index contributed by atoms with van der Waals surface area (Å²) in [6, 6.07) is 0.638. The van der Waals surface area contributed by atoms with Crippen molar-refractivity contribution in [2.45, 2.75) is 44.2 Å². The van der Waals surface area contributed by atoms with Crippen LogP contribution in [0.15, 0.2) is 0 Å². The van der Waals surface area contributed by atoms with Crippen molar-refractivity contribution in [2.24, 2.45) is 0 Å². The fourth-order valence-corrected chi connectivity index (χ4v) is 2.96. The minimum atomic E-state index is 0.338. The van der Waals surface area contributed by atoms with Gasteiger partial charge in [-0.15, -0.1) is 5.10 Å². The highest BCUT2D eigenvalue weighted by Crippen LogP contribution is 2.28. The van der Waals surface area contributed by atoms with Gasteiger partial charge in [-0.3, -0.25) is 5.10 Å². The van der Waals surface area contributed by atoms with Gasteiger partial charge in [0.15, 0.2) is 0 Å². The van der Waals surface area contributed by atoms with Gasteiger partial charge in [0.2, 0.25) is 5.95 Å². The van der Waals surface area contributed by atoms with Crippen LogP contribution in [0, 0.1) is 0 Å². The van der Waals surface area contributed by atoms with E-state index in [9.17, 15) is 0 Å². The third-order valence-corrected chi connectivity index (χ3v) is 4.26. The topological polar surface area (TPSA) is 66.1 Å². The van der Waals surface area contributed by atoms with Crippen LogP contribution in [0.25, 0.3) is 0 Å². The van der Waals surface area contributed by atoms with Crippen molar-refractivity contribution in [1.82, 2.24) is 20.5 Å². The molecule has 2 aliphatic heterocycles. The Balaban J connectivity index is 1.62. The average Bonchev–Trinajstić information content (AvgIpc) is 3.07. The van der Waals surface area contributed by atoms with Crippen LogP contribution in [0.3, 0.4) is 0 Å². The van der Waals surface area contributed by atoms with E-state index in [0.717, 1.165) is 50.7 Å². The standard InChI is InChI=1S/C13H23N5O/c1-9-7-10(8-19-9)12-15-13(17-16-12)18-5-3-11(14-2)4-6-18/h9-11,14H,3-8H2,1-2H3,(H,15,16,17). The minimum absolute atomic E-state index is 0.338. The van der Waals surface area contributed by atoms with Gasteiger partial charge >= 0.3 is 0 Å². The first-order valence-corrected chi connectivity index (χ1v) is 7.22. The Morgan fingerprint density at radius 2 is 2.16 bits per heavy atom. The lowest BCUT2D eigenvalue weighted by molar-refractivity contribution is 0.123. The molecule has 2 saturated heterocycles. The molecule has 1 aromatic heterocycles. The SMILES string of the molecule is CNC1CCN(c2n[nH]c(C3COC(C)C3)n2)CC1. The van der Waals surface area contributed by atoms with Crippen molar-refractivity contribution in [3.63, 3.8) is 0 Å². The summed E-state index contributed by atoms with van der Waals surface area (Å²) in [6.45, 7) is 4.93. The van der Waals surface area contributed by atoms with Crippen molar-refractivity contribution < 1.29 is 4.74 Å². The Morgan fingerprint density at radius 1 is 1.37 bits per heavy atom. The third-order valence-electron chi connectivity index (χ3n) is 4.26. The molecule has 0 aromatic carbocycles. The van der Waals surface area contributed by atoms with Crippen molar-refractivity contribution in [3.05, 3.63) is 5.82 Å². The lowest BCUT2D eigenvalue weighted by Crippen LogP contribution is -2.41. The number of piperidine rings is 1. The van der Waals surface area contributed by atoms with Crippen LogP contribution >= 0.6 is 0 Å². The summed E-state index contributed by atoms with van der Waals surface area (Å²) >= 11 is 0. The Labute approximate surface area is 113 Å². The minimum Gasteiger partial charge on any atom is -0.378 e. The highest BCUT2D eigenvalue weighted by molar-refractivity contribution is 5.30. The maximum Gasteiger partial charge on any atom is 0.244 e. The number of nitrogens with one attached hydrogen (secondary N) is 2. The largest absolute Gasteiger partial charge is 0.378 e. The maximum atomic E-state index is 5.59. The lowest BCUT2D eigenvalue weighted by atomic mass is 10.1. The molecular formula is C13H23N5O. The van der Waals surface area contributed by atoms with Crippen molar-refractivity contribution >= 4 is 5.95 Å². The molecule has 0 saturated carbocycles. The van der Waals surface area contributed by atoms with Gasteiger partial charge in [0.05, 0.1) is 12.7 Å². The van der Waals surface area contributed by atoms with Gasteiger partial charge in [-0.1, -0.05) is 0 Å². The second-order valence-electron chi connectivity index (χ2n) is 5.65. The monoisotopic (exact) mass is 265 g/mol. The van der Waals surface area contributed by atoms with E-state index in [1.54, 1.807) is 0 Å². The maximum absolute atomic E-state index is 5.59. The second-order valence-corrected chi connectivity index (χ2v) is 5.65. The van der Waals surface area contributed by atoms with Crippen molar-refractivity contribution in [2.75, 3.05) is 31.6 Å². The Hall–Kier alpha value is -1.14. The van der Waals surface area contributed by atoms with Gasteiger partial charge in [0, 0.05) is 25.0 Å². The molecule has 6 nitrogen and oxygen atoms in total. The van der Waals surface area contributed by atoms with E-state index < -0.39 is 0 Å². The molecule has 0 bridgehead atoms. The van der Waals surface area contributed by atoms with E-state index in [0.29, 0.717) is 18.1 Å². The number of hydrogen-bond acceptors (Lipinski definition) is 5. The molecule has 19 heavy (non-hydrogen) atoms. The fourth-order valence-electron chi connectivity index (χ4n) is 2.96. The van der Waals surface area contributed by atoms with Crippen LogP contribution in [-0.4, -0.2) is 54.1 Å². The molecule has 106 valence electrons. The molecule has 0 radical (unpaired) electrons. The van der Waals surface area contributed by atoms with E-state index in [2.05, 4.69) is 32.3 Å². The molecule has 0 spiro atoms. The summed E-state index contributed by atoms with van der Waals surface area (Å²) in [5.74, 6) is 2.21. The summed E-state index contributed by atoms with van der Waals surface area (Å²) in [7, 11) is 2.03. The highest BCUT2D eigenvalue weighted by Gasteiger charge is 2.27. The first-order valence-electron chi connectivity index (χ1n) is 7.22. The summed E-state index contributed by atoms with van der Waals surface area (Å²) in [6.07, 6.45) is 3.69. The molecule has 2 atom stereocenters. The first-order chi connectivity index (χ1) is 9.26. The van der Waals surface area contributed by atoms with E-state index in [4.69, 9.17) is 4.74 Å². The summed E-state index contributed by atoms with van der Waals surface area (Å²) in [5.41, 5.74) is 0. The van der Waals surface area contributed by atoms with Gasteiger partial charge in [-0.2, -0.15) is 4.98 Å². The van der Waals surface area contributed by atoms with Crippen LogP contribution < -0.4 is 10.2 Å². The molecule has 3 rings (SSSR count). The molecule has 2 unspecified atom stereocenters. The smallest absolute Gasteiger partial charge is 0.244 e. The third kappa shape index (κ3) is 2.74. The number of aromatic nitrogens is 3. The van der Waals surface area contributed by atoms with E-state index in [1.807, 2.05) is 7.05 Å². The lowest BCUT2D eigenvalue weighted by Gasteiger charge is -2.30. The quantitative estimate of drug-likeness (QED) is 0.849. The van der Waals surface area contributed by atoms with E-state index >= 15 is 0 Å². The van der Waals surface area contributed by atoms with Gasteiger partial charge in [0.1, 0.15) is 5.82 Å². The Bertz CT molecular complexity index is 413. The average molecular weight is 265 g/mol. The van der Waals surface area contributed by atoms with Gasteiger partial charge in [-0.25, -0.2) is 0 Å². The van der Waals surface area contributed by atoms with E-state index in [1.165, 1.54) is 0 Å². The fraction of sp³-hybridized carbons (Fsp3) is 0.846. The van der Waals surface area contributed by atoms with Crippen LogP contribution in [0.2, 0.25) is 0 Å². The molecule has 1 aromatic rings. The number of aromatic amines is 1. The molecular weight excluding hydrogens is 242 g/mol. The van der Waals surface area contributed by atoms with Gasteiger partial charge in [-0.05, 0) is 33.2 Å². The second kappa shape index (κ2) is 5.46. The number of rotatable bonds is 3. The number of hydrogen-bond donors (Lipinski definition) is 2. The van der Waals surface area contributed by atoms with Gasteiger partial charge < -0.3 is 15.0 Å². The van der Waals surface area contributed by atoms with Crippen LogP contribution in [-0.2, 0) is 4.74 Å². The van der Waals surface area contributed by atoms with Crippen LogP contribution in [0.5, 0.6) is 0 Å².